The summed E-state index contributed by atoms with van der Waals surface area (Å²) in [7, 11) is 0. The number of hydrogen-bond donors (Lipinski definition) is 1. The highest BCUT2D eigenvalue weighted by molar-refractivity contribution is 9.10. The first kappa shape index (κ1) is 16.0. The number of hydrogen-bond acceptors (Lipinski definition) is 2. The molecule has 0 atom stereocenters. The summed E-state index contributed by atoms with van der Waals surface area (Å²) in [6.07, 6.45) is 1.02. The third-order valence-electron chi connectivity index (χ3n) is 3.12. The minimum Gasteiger partial charge on any atom is -0.311 e. The first-order chi connectivity index (χ1) is 8.41. The van der Waals surface area contributed by atoms with Gasteiger partial charge in [-0.1, -0.05) is 13.8 Å². The molecule has 1 rings (SSSR count). The number of halogens is 2. The van der Waals surface area contributed by atoms with Crippen molar-refractivity contribution in [3.05, 3.63) is 15.9 Å². The van der Waals surface area contributed by atoms with Crippen LogP contribution >= 0.6 is 27.5 Å². The summed E-state index contributed by atoms with van der Waals surface area (Å²) in [5, 5.41) is 7.99. The average Bonchev–Trinajstić information content (AvgIpc) is 2.56. The largest absolute Gasteiger partial charge is 0.311 e. The van der Waals surface area contributed by atoms with Crippen molar-refractivity contribution in [1.82, 2.24) is 15.1 Å². The highest BCUT2D eigenvalue weighted by atomic mass is 79.9. The zero-order valence-electron chi connectivity index (χ0n) is 11.7. The third kappa shape index (κ3) is 4.25. The predicted octanol–water partition coefficient (Wildman–Crippen LogP) is 3.72. The van der Waals surface area contributed by atoms with Gasteiger partial charge in [0.15, 0.2) is 0 Å². The van der Waals surface area contributed by atoms with E-state index in [1.807, 2.05) is 11.6 Å². The monoisotopic (exact) mass is 335 g/mol. The number of aryl methyl sites for hydroxylation is 2. The molecule has 0 aliphatic carbocycles. The summed E-state index contributed by atoms with van der Waals surface area (Å²) >= 11 is 9.42. The van der Waals surface area contributed by atoms with Crippen LogP contribution in [0, 0.1) is 12.3 Å². The molecule has 0 bridgehead atoms. The van der Waals surface area contributed by atoms with Crippen LogP contribution in [0.15, 0.2) is 4.47 Å². The van der Waals surface area contributed by atoms with Crippen molar-refractivity contribution < 1.29 is 0 Å². The van der Waals surface area contributed by atoms with Crippen LogP contribution in [0.4, 0.5) is 0 Å². The van der Waals surface area contributed by atoms with E-state index in [1.165, 1.54) is 5.69 Å². The SMILES string of the molecule is CCn1nc(C)c(Br)c1CNCC(C)(C)CCCl. The molecule has 0 radical (unpaired) electrons. The molecule has 5 heteroatoms. The second-order valence-electron chi connectivity index (χ2n) is 5.37. The highest BCUT2D eigenvalue weighted by Crippen LogP contribution is 2.22. The Morgan fingerprint density at radius 3 is 2.67 bits per heavy atom. The first-order valence-corrected chi connectivity index (χ1v) is 7.72. The Morgan fingerprint density at radius 2 is 2.11 bits per heavy atom. The quantitative estimate of drug-likeness (QED) is 0.769. The number of rotatable bonds is 7. The smallest absolute Gasteiger partial charge is 0.0739 e. The lowest BCUT2D eigenvalue weighted by molar-refractivity contribution is 0.327. The fourth-order valence-corrected chi connectivity index (χ4v) is 2.84. The fourth-order valence-electron chi connectivity index (χ4n) is 1.90. The predicted molar refractivity (Wildman–Crippen MR) is 81.2 cm³/mol. The van der Waals surface area contributed by atoms with Crippen LogP contribution in [0.25, 0.3) is 0 Å². The molecule has 1 N–H and O–H groups in total. The van der Waals surface area contributed by atoms with E-state index in [0.29, 0.717) is 5.88 Å². The van der Waals surface area contributed by atoms with E-state index in [1.54, 1.807) is 0 Å². The lowest BCUT2D eigenvalue weighted by Gasteiger charge is -2.24. The number of nitrogens with one attached hydrogen (secondary N) is 1. The maximum absolute atomic E-state index is 5.81. The molecule has 3 nitrogen and oxygen atoms in total. The Balaban J connectivity index is 2.59. The average molecular weight is 337 g/mol. The molecule has 1 heterocycles. The summed E-state index contributed by atoms with van der Waals surface area (Å²) in [6, 6.07) is 0. The van der Waals surface area contributed by atoms with Gasteiger partial charge in [-0.2, -0.15) is 5.10 Å². The van der Waals surface area contributed by atoms with E-state index in [0.717, 1.165) is 36.2 Å². The van der Waals surface area contributed by atoms with Gasteiger partial charge in [-0.05, 0) is 41.6 Å². The number of alkyl halides is 1. The van der Waals surface area contributed by atoms with Crippen LogP contribution in [0.5, 0.6) is 0 Å². The summed E-state index contributed by atoms with van der Waals surface area (Å²) in [6.45, 7) is 11.3. The second-order valence-corrected chi connectivity index (χ2v) is 6.54. The minimum atomic E-state index is 0.236. The van der Waals surface area contributed by atoms with E-state index in [2.05, 4.69) is 47.1 Å². The second kappa shape index (κ2) is 6.92. The standard InChI is InChI=1S/C13H23BrClN3/c1-5-18-11(12(14)10(2)17-18)8-16-9-13(3,4)6-7-15/h16H,5-9H2,1-4H3. The molecule has 0 saturated heterocycles. The van der Waals surface area contributed by atoms with E-state index >= 15 is 0 Å². The van der Waals surface area contributed by atoms with E-state index in [9.17, 15) is 0 Å². The topological polar surface area (TPSA) is 29.9 Å². The van der Waals surface area contributed by atoms with Crippen molar-refractivity contribution in [2.45, 2.75) is 47.2 Å². The van der Waals surface area contributed by atoms with Gasteiger partial charge >= 0.3 is 0 Å². The molecule has 0 unspecified atom stereocenters. The van der Waals surface area contributed by atoms with Gasteiger partial charge in [0.1, 0.15) is 0 Å². The van der Waals surface area contributed by atoms with Gasteiger partial charge in [-0.25, -0.2) is 0 Å². The Labute approximate surface area is 123 Å². The van der Waals surface area contributed by atoms with Crippen LogP contribution in [-0.4, -0.2) is 22.2 Å². The molecule has 0 aromatic carbocycles. The van der Waals surface area contributed by atoms with Crippen LogP contribution in [0.3, 0.4) is 0 Å². The van der Waals surface area contributed by atoms with Crippen molar-refractivity contribution in [3.63, 3.8) is 0 Å². The Kier molecular flexibility index (Phi) is 6.15. The molecule has 1 aromatic rings. The third-order valence-corrected chi connectivity index (χ3v) is 4.34. The van der Waals surface area contributed by atoms with Gasteiger partial charge in [-0.3, -0.25) is 4.68 Å². The molecule has 0 aliphatic heterocycles. The zero-order chi connectivity index (χ0) is 13.8. The van der Waals surface area contributed by atoms with E-state index in [-0.39, 0.29) is 5.41 Å². The van der Waals surface area contributed by atoms with E-state index in [4.69, 9.17) is 11.6 Å². The Hall–Kier alpha value is -0.0600. The maximum atomic E-state index is 5.81. The number of aromatic nitrogens is 2. The van der Waals surface area contributed by atoms with Crippen LogP contribution in [-0.2, 0) is 13.1 Å². The molecule has 0 saturated carbocycles. The van der Waals surface area contributed by atoms with Crippen LogP contribution in [0.2, 0.25) is 0 Å². The van der Waals surface area contributed by atoms with Crippen molar-refractivity contribution in [2.75, 3.05) is 12.4 Å². The van der Waals surface area contributed by atoms with Gasteiger partial charge in [0.25, 0.3) is 0 Å². The summed E-state index contributed by atoms with van der Waals surface area (Å²) < 4.78 is 3.16. The first-order valence-electron chi connectivity index (χ1n) is 6.39. The Morgan fingerprint density at radius 1 is 1.44 bits per heavy atom. The van der Waals surface area contributed by atoms with Gasteiger partial charge in [0.05, 0.1) is 15.9 Å². The minimum absolute atomic E-state index is 0.236. The molecule has 0 fully saturated rings. The fraction of sp³-hybridized carbons (Fsp3) is 0.769. The van der Waals surface area contributed by atoms with Crippen molar-refractivity contribution in [1.29, 1.82) is 0 Å². The van der Waals surface area contributed by atoms with Crippen LogP contribution in [0.1, 0.15) is 38.6 Å². The Bertz CT molecular complexity index is 388. The maximum Gasteiger partial charge on any atom is 0.0739 e. The molecule has 18 heavy (non-hydrogen) atoms. The molecule has 0 spiro atoms. The van der Waals surface area contributed by atoms with Crippen molar-refractivity contribution in [2.24, 2.45) is 5.41 Å². The molecular weight excluding hydrogens is 314 g/mol. The molecule has 0 aliphatic rings. The van der Waals surface area contributed by atoms with Gasteiger partial charge in [-0.15, -0.1) is 11.6 Å². The zero-order valence-corrected chi connectivity index (χ0v) is 14.0. The van der Waals surface area contributed by atoms with Gasteiger partial charge in [0.2, 0.25) is 0 Å². The lowest BCUT2D eigenvalue weighted by atomic mass is 9.90. The number of nitrogens with zero attached hydrogens (tertiary/aromatic N) is 2. The molecular formula is C13H23BrClN3. The lowest BCUT2D eigenvalue weighted by Crippen LogP contribution is -2.30. The van der Waals surface area contributed by atoms with Gasteiger partial charge in [0, 0.05) is 25.5 Å². The van der Waals surface area contributed by atoms with Gasteiger partial charge < -0.3 is 5.32 Å². The highest BCUT2D eigenvalue weighted by Gasteiger charge is 2.17. The summed E-state index contributed by atoms with van der Waals surface area (Å²) in [4.78, 5) is 0. The van der Waals surface area contributed by atoms with Crippen molar-refractivity contribution >= 4 is 27.5 Å². The summed E-state index contributed by atoms with van der Waals surface area (Å²) in [5.74, 6) is 0.713. The normalized spacial score (nSPS) is 12.1. The summed E-state index contributed by atoms with van der Waals surface area (Å²) in [5.41, 5.74) is 2.51. The van der Waals surface area contributed by atoms with E-state index < -0.39 is 0 Å². The molecule has 0 amide bonds. The molecule has 104 valence electrons. The van der Waals surface area contributed by atoms with Crippen LogP contribution < -0.4 is 5.32 Å². The van der Waals surface area contributed by atoms with Crippen molar-refractivity contribution in [3.8, 4) is 0 Å². The molecule has 1 aromatic heterocycles.